The lowest BCUT2D eigenvalue weighted by Gasteiger charge is -2.32. The lowest BCUT2D eigenvalue weighted by atomic mass is 10.1. The average Bonchev–Trinajstić information content (AvgIpc) is 2.37. The van der Waals surface area contributed by atoms with Crippen LogP contribution in [0.3, 0.4) is 0 Å². The molecule has 0 radical (unpaired) electrons. The number of sulfonamides is 1. The van der Waals surface area contributed by atoms with E-state index in [1.807, 2.05) is 7.05 Å². The summed E-state index contributed by atoms with van der Waals surface area (Å²) in [5.74, 6) is -0.134. The summed E-state index contributed by atoms with van der Waals surface area (Å²) in [5.41, 5.74) is 0.724. The van der Waals surface area contributed by atoms with Gasteiger partial charge in [-0.1, -0.05) is 12.1 Å². The highest BCUT2D eigenvalue weighted by Crippen LogP contribution is 2.19. The van der Waals surface area contributed by atoms with E-state index < -0.39 is 10.0 Å². The van der Waals surface area contributed by atoms with E-state index in [4.69, 9.17) is 0 Å². The quantitative estimate of drug-likeness (QED) is 0.879. The first-order valence-corrected chi connectivity index (χ1v) is 8.30. The minimum absolute atomic E-state index is 0.134. The van der Waals surface area contributed by atoms with Crippen molar-refractivity contribution in [1.29, 1.82) is 0 Å². The Kier molecular flexibility index (Phi) is 4.29. The first kappa shape index (κ1) is 14.8. The summed E-state index contributed by atoms with van der Waals surface area (Å²) in [6.45, 7) is 2.96. The minimum Gasteiger partial charge on any atom is -0.336 e. The Balaban J connectivity index is 2.21. The molecule has 0 spiro atoms. The van der Waals surface area contributed by atoms with Crippen molar-refractivity contribution in [1.82, 2.24) is 9.80 Å². The number of para-hydroxylation sites is 1. The first-order valence-electron chi connectivity index (χ1n) is 6.41. The van der Waals surface area contributed by atoms with Gasteiger partial charge >= 0.3 is 0 Å². The number of hydrogen-bond donors (Lipinski definition) is 1. The van der Waals surface area contributed by atoms with Crippen molar-refractivity contribution in [2.75, 3.05) is 44.2 Å². The van der Waals surface area contributed by atoms with Crippen LogP contribution in [0.2, 0.25) is 0 Å². The standard InChI is InChI=1S/C13H19N3O3S/c1-15-7-9-16(10-8-15)13(17)11-5-3-4-6-12(11)14-20(2,18)19/h3-6,14H,7-10H2,1-2H3. The van der Waals surface area contributed by atoms with Gasteiger partial charge in [-0.25, -0.2) is 8.42 Å². The molecular formula is C13H19N3O3S. The molecule has 0 aromatic heterocycles. The van der Waals surface area contributed by atoms with Gasteiger partial charge in [0.15, 0.2) is 0 Å². The molecule has 2 rings (SSSR count). The van der Waals surface area contributed by atoms with E-state index in [0.29, 0.717) is 24.3 Å². The second kappa shape index (κ2) is 5.80. The Morgan fingerprint density at radius 3 is 2.35 bits per heavy atom. The minimum atomic E-state index is -3.40. The van der Waals surface area contributed by atoms with Crippen LogP contribution in [0.25, 0.3) is 0 Å². The molecule has 1 fully saturated rings. The molecule has 0 atom stereocenters. The van der Waals surface area contributed by atoms with Crippen LogP contribution in [0.4, 0.5) is 5.69 Å². The lowest BCUT2D eigenvalue weighted by Crippen LogP contribution is -2.47. The van der Waals surface area contributed by atoms with E-state index in [0.717, 1.165) is 19.3 Å². The zero-order valence-electron chi connectivity index (χ0n) is 11.7. The number of amides is 1. The Labute approximate surface area is 119 Å². The fraction of sp³-hybridized carbons (Fsp3) is 0.462. The van der Waals surface area contributed by atoms with Crippen molar-refractivity contribution in [3.05, 3.63) is 29.8 Å². The van der Waals surface area contributed by atoms with Gasteiger partial charge in [0.1, 0.15) is 0 Å². The van der Waals surface area contributed by atoms with Gasteiger partial charge in [0.2, 0.25) is 10.0 Å². The number of anilines is 1. The number of piperazine rings is 1. The molecule has 110 valence electrons. The van der Waals surface area contributed by atoms with Gasteiger partial charge in [0.05, 0.1) is 17.5 Å². The highest BCUT2D eigenvalue weighted by molar-refractivity contribution is 7.92. The number of benzene rings is 1. The largest absolute Gasteiger partial charge is 0.336 e. The summed E-state index contributed by atoms with van der Waals surface area (Å²) >= 11 is 0. The maximum atomic E-state index is 12.5. The molecule has 1 aliphatic heterocycles. The summed E-state index contributed by atoms with van der Waals surface area (Å²) in [6, 6.07) is 6.68. The van der Waals surface area contributed by atoms with Gasteiger partial charge in [-0.3, -0.25) is 9.52 Å². The second-order valence-corrected chi connectivity index (χ2v) is 6.76. The second-order valence-electron chi connectivity index (χ2n) is 5.02. The van der Waals surface area contributed by atoms with Gasteiger partial charge < -0.3 is 9.80 Å². The van der Waals surface area contributed by atoms with Gasteiger partial charge in [0.25, 0.3) is 5.91 Å². The van der Waals surface area contributed by atoms with E-state index in [1.165, 1.54) is 0 Å². The van der Waals surface area contributed by atoms with Crippen molar-refractivity contribution in [2.24, 2.45) is 0 Å². The predicted octanol–water partition coefficient (Wildman–Crippen LogP) is 0.446. The van der Waals surface area contributed by atoms with Crippen molar-refractivity contribution >= 4 is 21.6 Å². The zero-order valence-corrected chi connectivity index (χ0v) is 12.5. The SMILES string of the molecule is CN1CCN(C(=O)c2ccccc2NS(C)(=O)=O)CC1. The molecule has 1 heterocycles. The summed E-state index contributed by atoms with van der Waals surface area (Å²) < 4.78 is 25.1. The number of nitrogens with one attached hydrogen (secondary N) is 1. The van der Waals surface area contributed by atoms with Crippen LogP contribution in [-0.2, 0) is 10.0 Å². The fourth-order valence-corrected chi connectivity index (χ4v) is 2.72. The Morgan fingerprint density at radius 1 is 1.15 bits per heavy atom. The molecule has 1 aliphatic rings. The monoisotopic (exact) mass is 297 g/mol. The number of likely N-dealkylation sites (N-methyl/N-ethyl adjacent to an activating group) is 1. The predicted molar refractivity (Wildman–Crippen MR) is 78.3 cm³/mol. The third kappa shape index (κ3) is 3.71. The van der Waals surface area contributed by atoms with Crippen LogP contribution in [0, 0.1) is 0 Å². The van der Waals surface area contributed by atoms with Gasteiger partial charge in [0, 0.05) is 26.2 Å². The Bertz CT molecular complexity index is 593. The molecule has 6 nitrogen and oxygen atoms in total. The topological polar surface area (TPSA) is 69.7 Å². The van der Waals surface area contributed by atoms with E-state index in [9.17, 15) is 13.2 Å². The molecule has 1 saturated heterocycles. The third-order valence-electron chi connectivity index (χ3n) is 3.24. The van der Waals surface area contributed by atoms with Crippen molar-refractivity contribution < 1.29 is 13.2 Å². The zero-order chi connectivity index (χ0) is 14.8. The van der Waals surface area contributed by atoms with Crippen LogP contribution in [0.1, 0.15) is 10.4 Å². The van der Waals surface area contributed by atoms with Crippen LogP contribution < -0.4 is 4.72 Å². The molecule has 1 aromatic rings. The molecule has 1 amide bonds. The molecule has 7 heteroatoms. The van der Waals surface area contributed by atoms with Crippen LogP contribution in [0.15, 0.2) is 24.3 Å². The molecule has 1 N–H and O–H groups in total. The third-order valence-corrected chi connectivity index (χ3v) is 3.83. The number of hydrogen-bond acceptors (Lipinski definition) is 4. The van der Waals surface area contributed by atoms with Gasteiger partial charge in [-0.15, -0.1) is 0 Å². The van der Waals surface area contributed by atoms with Crippen LogP contribution >= 0.6 is 0 Å². The fourth-order valence-electron chi connectivity index (χ4n) is 2.14. The normalized spacial score (nSPS) is 17.0. The van der Waals surface area contributed by atoms with Crippen molar-refractivity contribution in [3.8, 4) is 0 Å². The Hall–Kier alpha value is -1.60. The number of nitrogens with zero attached hydrogens (tertiary/aromatic N) is 2. The number of carbonyl (C=O) groups is 1. The summed E-state index contributed by atoms with van der Waals surface area (Å²) in [5, 5.41) is 0. The maximum absolute atomic E-state index is 12.5. The van der Waals surface area contributed by atoms with E-state index in [1.54, 1.807) is 29.2 Å². The Morgan fingerprint density at radius 2 is 1.75 bits per heavy atom. The molecule has 0 aliphatic carbocycles. The van der Waals surface area contributed by atoms with Gasteiger partial charge in [-0.2, -0.15) is 0 Å². The van der Waals surface area contributed by atoms with E-state index in [2.05, 4.69) is 9.62 Å². The molecule has 0 saturated carbocycles. The summed E-state index contributed by atoms with van der Waals surface area (Å²) in [4.78, 5) is 16.4. The molecule has 20 heavy (non-hydrogen) atoms. The summed E-state index contributed by atoms with van der Waals surface area (Å²) in [7, 11) is -1.39. The highest BCUT2D eigenvalue weighted by atomic mass is 32.2. The van der Waals surface area contributed by atoms with E-state index >= 15 is 0 Å². The molecule has 0 bridgehead atoms. The smallest absolute Gasteiger partial charge is 0.256 e. The number of rotatable bonds is 3. The maximum Gasteiger partial charge on any atom is 0.256 e. The van der Waals surface area contributed by atoms with Crippen LogP contribution in [0.5, 0.6) is 0 Å². The highest BCUT2D eigenvalue weighted by Gasteiger charge is 2.22. The first-order chi connectivity index (χ1) is 9.37. The summed E-state index contributed by atoms with van der Waals surface area (Å²) in [6.07, 6.45) is 1.07. The van der Waals surface area contributed by atoms with Crippen molar-refractivity contribution in [3.63, 3.8) is 0 Å². The molecule has 0 unspecified atom stereocenters. The lowest BCUT2D eigenvalue weighted by molar-refractivity contribution is 0.0665. The molecular weight excluding hydrogens is 278 g/mol. The van der Waals surface area contributed by atoms with Crippen molar-refractivity contribution in [2.45, 2.75) is 0 Å². The molecule has 1 aromatic carbocycles. The van der Waals surface area contributed by atoms with Gasteiger partial charge in [-0.05, 0) is 19.2 Å². The van der Waals surface area contributed by atoms with E-state index in [-0.39, 0.29) is 5.91 Å². The van der Waals surface area contributed by atoms with Crippen LogP contribution in [-0.4, -0.2) is 63.6 Å². The average molecular weight is 297 g/mol. The number of carbonyl (C=O) groups excluding carboxylic acids is 1.